The fraction of sp³-hybridized carbons (Fsp3) is 0.731. The maximum atomic E-state index is 11.8. The van der Waals surface area contributed by atoms with Crippen LogP contribution in [0.4, 0.5) is 0 Å². The van der Waals surface area contributed by atoms with E-state index in [1.807, 2.05) is 11.0 Å². The van der Waals surface area contributed by atoms with E-state index in [2.05, 4.69) is 48.2 Å². The first-order chi connectivity index (χ1) is 15.4. The molecule has 1 unspecified atom stereocenters. The third-order valence-electron chi connectivity index (χ3n) is 8.81. The molecule has 1 heterocycles. The van der Waals surface area contributed by atoms with Gasteiger partial charge < -0.3 is 15.3 Å². The second-order valence-electron chi connectivity index (χ2n) is 11.7. The number of nitrogens with zero attached hydrogens (tertiary/aromatic N) is 3. The first-order valence-corrected chi connectivity index (χ1v) is 12.3. The Morgan fingerprint density at radius 2 is 1.70 bits per heavy atom. The molecule has 7 heteroatoms. The molecule has 2 aliphatic carbocycles. The highest BCUT2D eigenvalue weighted by atomic mass is 16.4. The Balaban J connectivity index is 1.61. The molecule has 1 atom stereocenters. The largest absolute Gasteiger partial charge is 0.481 e. The van der Waals surface area contributed by atoms with Gasteiger partial charge in [0, 0.05) is 30.7 Å². The molecule has 3 fully saturated rings. The predicted molar refractivity (Wildman–Crippen MR) is 128 cm³/mol. The molecule has 0 amide bonds. The van der Waals surface area contributed by atoms with Gasteiger partial charge in [-0.15, -0.1) is 0 Å². The van der Waals surface area contributed by atoms with E-state index >= 15 is 0 Å². The van der Waals surface area contributed by atoms with Gasteiger partial charge in [-0.3, -0.25) is 19.5 Å². The van der Waals surface area contributed by atoms with E-state index in [0.29, 0.717) is 13.1 Å². The minimum atomic E-state index is -0.961. The molecule has 0 aromatic heterocycles. The van der Waals surface area contributed by atoms with E-state index in [9.17, 15) is 20.1 Å². The SMILES string of the molecule is CN(C)[C@]1(c2ccccc2)CC[C@]2(CC1)CN(CC(C)(C)C(=O)O)C(O)N2CC1(O)CCC1. The van der Waals surface area contributed by atoms with Crippen LogP contribution in [0.25, 0.3) is 0 Å². The fourth-order valence-electron chi connectivity index (χ4n) is 6.33. The number of carbonyl (C=O) groups is 1. The molecule has 1 saturated heterocycles. The summed E-state index contributed by atoms with van der Waals surface area (Å²) in [4.78, 5) is 18.2. The molecular formula is C26H41N3O4. The van der Waals surface area contributed by atoms with E-state index in [1.54, 1.807) is 13.8 Å². The Hall–Kier alpha value is -1.51. The van der Waals surface area contributed by atoms with Crippen molar-refractivity contribution in [3.8, 4) is 0 Å². The van der Waals surface area contributed by atoms with Gasteiger partial charge in [0.05, 0.1) is 11.0 Å². The van der Waals surface area contributed by atoms with Crippen molar-refractivity contribution in [1.82, 2.24) is 14.7 Å². The third kappa shape index (κ3) is 4.34. The number of aliphatic hydroxyl groups is 2. The van der Waals surface area contributed by atoms with Gasteiger partial charge in [-0.1, -0.05) is 30.3 Å². The van der Waals surface area contributed by atoms with E-state index in [0.717, 1.165) is 44.9 Å². The highest BCUT2D eigenvalue weighted by molar-refractivity contribution is 5.73. The number of aliphatic carboxylic acids is 1. The number of rotatable bonds is 7. The quantitative estimate of drug-likeness (QED) is 0.578. The van der Waals surface area contributed by atoms with Crippen LogP contribution in [0.2, 0.25) is 0 Å². The molecule has 0 bridgehead atoms. The highest BCUT2D eigenvalue weighted by Gasteiger charge is 2.57. The number of hydrogen-bond donors (Lipinski definition) is 3. The summed E-state index contributed by atoms with van der Waals surface area (Å²) in [6.07, 6.45) is 5.33. The van der Waals surface area contributed by atoms with E-state index in [-0.39, 0.29) is 17.6 Å². The summed E-state index contributed by atoms with van der Waals surface area (Å²) >= 11 is 0. The van der Waals surface area contributed by atoms with Gasteiger partial charge in [-0.05, 0) is 78.5 Å². The topological polar surface area (TPSA) is 87.5 Å². The van der Waals surface area contributed by atoms with Crippen LogP contribution in [0.1, 0.15) is 64.4 Å². The zero-order chi connectivity index (χ0) is 24.1. The van der Waals surface area contributed by atoms with Crippen molar-refractivity contribution < 1.29 is 20.1 Å². The second kappa shape index (κ2) is 8.61. The summed E-state index contributed by atoms with van der Waals surface area (Å²) in [6.45, 7) is 4.77. The number of β-amino-alcohol motifs (C(OH)–C–C–N with tert-alkyl or cyclic N) is 1. The molecule has 33 heavy (non-hydrogen) atoms. The zero-order valence-electron chi connectivity index (χ0n) is 20.6. The predicted octanol–water partition coefficient (Wildman–Crippen LogP) is 2.68. The molecule has 1 spiro atoms. The van der Waals surface area contributed by atoms with E-state index < -0.39 is 23.3 Å². The summed E-state index contributed by atoms with van der Waals surface area (Å²) in [5.41, 5.74) is -0.728. The number of hydrogen-bond acceptors (Lipinski definition) is 6. The molecular weight excluding hydrogens is 418 g/mol. The molecule has 7 nitrogen and oxygen atoms in total. The average Bonchev–Trinajstić information content (AvgIpc) is 2.98. The Labute approximate surface area is 198 Å². The molecule has 1 aromatic carbocycles. The van der Waals surface area contributed by atoms with E-state index in [1.165, 1.54) is 5.56 Å². The summed E-state index contributed by atoms with van der Waals surface area (Å²) < 4.78 is 0. The van der Waals surface area contributed by atoms with Crippen LogP contribution < -0.4 is 0 Å². The zero-order valence-corrected chi connectivity index (χ0v) is 20.6. The molecule has 0 radical (unpaired) electrons. The molecule has 3 N–H and O–H groups in total. The van der Waals surface area contributed by atoms with Crippen LogP contribution in [0, 0.1) is 5.41 Å². The fourth-order valence-corrected chi connectivity index (χ4v) is 6.33. The van der Waals surface area contributed by atoms with Gasteiger partial charge in [0.2, 0.25) is 0 Å². The van der Waals surface area contributed by atoms with E-state index in [4.69, 9.17) is 0 Å². The molecule has 184 valence electrons. The standard InChI is InChI=1S/C26H41N3O4/c1-23(2,21(30)31)17-28-18-24(29(22(28)32)19-25(33)11-8-12-25)13-15-26(16-14-24,27(3)4)20-9-6-5-7-10-20/h5-7,9-10,22,32-33H,8,11-19H2,1-4H3,(H,30,31)/t22?,24-,26+. The monoisotopic (exact) mass is 459 g/mol. The summed E-state index contributed by atoms with van der Waals surface area (Å²) in [7, 11) is 4.29. The first-order valence-electron chi connectivity index (χ1n) is 12.3. The van der Waals surface area contributed by atoms with Gasteiger partial charge >= 0.3 is 5.97 Å². The lowest BCUT2D eigenvalue weighted by molar-refractivity contribution is -0.157. The van der Waals surface area contributed by atoms with Gasteiger partial charge in [0.1, 0.15) is 0 Å². The van der Waals surface area contributed by atoms with Crippen LogP contribution in [0.15, 0.2) is 30.3 Å². The smallest absolute Gasteiger partial charge is 0.310 e. The lowest BCUT2D eigenvalue weighted by Gasteiger charge is -2.53. The minimum absolute atomic E-state index is 0.0652. The number of aliphatic hydroxyl groups excluding tert-OH is 1. The van der Waals surface area contributed by atoms with Gasteiger partial charge in [0.15, 0.2) is 6.35 Å². The summed E-state index contributed by atoms with van der Waals surface area (Å²) in [5.74, 6) is -0.862. The number of carboxylic acid groups (broad SMARTS) is 1. The van der Waals surface area contributed by atoms with Crippen LogP contribution in [-0.2, 0) is 10.3 Å². The highest BCUT2D eigenvalue weighted by Crippen LogP contribution is 2.50. The van der Waals surface area contributed by atoms with Gasteiger partial charge in [-0.2, -0.15) is 0 Å². The van der Waals surface area contributed by atoms with Crippen molar-refractivity contribution >= 4 is 5.97 Å². The molecule has 1 aromatic rings. The third-order valence-corrected chi connectivity index (χ3v) is 8.81. The van der Waals surface area contributed by atoms with Crippen molar-refractivity contribution in [1.29, 1.82) is 0 Å². The lowest BCUT2D eigenvalue weighted by atomic mass is 9.67. The number of carboxylic acids is 1. The molecule has 3 aliphatic rings. The summed E-state index contributed by atoms with van der Waals surface area (Å²) in [6, 6.07) is 10.7. The van der Waals surface area contributed by atoms with Gasteiger partial charge in [0.25, 0.3) is 0 Å². The minimum Gasteiger partial charge on any atom is -0.481 e. The maximum absolute atomic E-state index is 11.8. The van der Waals surface area contributed by atoms with Crippen molar-refractivity contribution in [3.05, 3.63) is 35.9 Å². The second-order valence-corrected chi connectivity index (χ2v) is 11.7. The Morgan fingerprint density at radius 3 is 2.18 bits per heavy atom. The first kappa shape index (κ1) is 24.6. The summed E-state index contributed by atoms with van der Waals surface area (Å²) in [5, 5.41) is 32.1. The molecule has 1 aliphatic heterocycles. The van der Waals surface area contributed by atoms with Crippen LogP contribution in [-0.4, -0.2) is 87.2 Å². The normalized spacial score (nSPS) is 32.9. The Bertz CT molecular complexity index is 844. The van der Waals surface area contributed by atoms with Crippen molar-refractivity contribution in [3.63, 3.8) is 0 Å². The van der Waals surface area contributed by atoms with Crippen molar-refractivity contribution in [2.75, 3.05) is 33.7 Å². The maximum Gasteiger partial charge on any atom is 0.310 e. The molecule has 2 saturated carbocycles. The van der Waals surface area contributed by atoms with Gasteiger partial charge in [-0.25, -0.2) is 0 Å². The lowest BCUT2D eigenvalue weighted by Crippen LogP contribution is -2.60. The Morgan fingerprint density at radius 1 is 1.09 bits per heavy atom. The van der Waals surface area contributed by atoms with Crippen LogP contribution >= 0.6 is 0 Å². The van der Waals surface area contributed by atoms with Crippen LogP contribution in [0.3, 0.4) is 0 Å². The number of benzene rings is 1. The molecule has 4 rings (SSSR count). The Kier molecular flexibility index (Phi) is 6.42. The van der Waals surface area contributed by atoms with Crippen molar-refractivity contribution in [2.45, 2.75) is 81.8 Å². The average molecular weight is 460 g/mol. The van der Waals surface area contributed by atoms with Crippen molar-refractivity contribution in [2.24, 2.45) is 5.41 Å². The van der Waals surface area contributed by atoms with Crippen LogP contribution in [0.5, 0.6) is 0 Å².